The maximum absolute atomic E-state index is 11.8. The van der Waals surface area contributed by atoms with Crippen LogP contribution in [0.2, 0.25) is 5.02 Å². The number of carbonyl (C=O) groups excluding carboxylic acids is 2. The van der Waals surface area contributed by atoms with Gasteiger partial charge in [-0.1, -0.05) is 41.4 Å². The number of carbonyl (C=O) groups is 2. The summed E-state index contributed by atoms with van der Waals surface area (Å²) in [6.45, 7) is 4.36. The van der Waals surface area contributed by atoms with Gasteiger partial charge in [-0.2, -0.15) is 5.26 Å². The number of halogens is 2. The molecule has 1 amide bonds. The predicted octanol–water partition coefficient (Wildman–Crippen LogP) is 3.08. The zero-order valence-electron chi connectivity index (χ0n) is 13.6. The molecule has 1 aromatic carbocycles. The van der Waals surface area contributed by atoms with Gasteiger partial charge < -0.3 is 14.8 Å². The number of hydrogen-bond acceptors (Lipinski definition) is 5. The molecule has 0 aromatic heterocycles. The Bertz CT molecular complexity index is 660. The molecule has 0 aliphatic carbocycles. The molecule has 0 spiro atoms. The minimum Gasteiger partial charge on any atom is -0.480 e. The molecule has 0 heterocycles. The maximum Gasteiger partial charge on any atom is 0.344 e. The number of nitrogens with one attached hydrogen (secondary N) is 1. The van der Waals surface area contributed by atoms with E-state index < -0.39 is 24.0 Å². The highest BCUT2D eigenvalue weighted by molar-refractivity contribution is 9.10. The van der Waals surface area contributed by atoms with E-state index >= 15 is 0 Å². The quantitative estimate of drug-likeness (QED) is 0.689. The van der Waals surface area contributed by atoms with Gasteiger partial charge in [0.15, 0.2) is 13.2 Å². The lowest BCUT2D eigenvalue weighted by Gasteiger charge is -2.27. The summed E-state index contributed by atoms with van der Waals surface area (Å²) >= 11 is 9.21. The van der Waals surface area contributed by atoms with E-state index in [-0.39, 0.29) is 12.5 Å². The molecule has 0 aliphatic heterocycles. The smallest absolute Gasteiger partial charge is 0.344 e. The second-order valence-electron chi connectivity index (χ2n) is 5.54. The van der Waals surface area contributed by atoms with E-state index in [2.05, 4.69) is 21.2 Å². The van der Waals surface area contributed by atoms with Gasteiger partial charge in [0, 0.05) is 4.47 Å². The van der Waals surface area contributed by atoms with Crippen molar-refractivity contribution in [3.05, 3.63) is 27.7 Å². The average Bonchev–Trinajstić information content (AvgIpc) is 2.51. The van der Waals surface area contributed by atoms with Gasteiger partial charge in [0.05, 0.1) is 11.1 Å². The van der Waals surface area contributed by atoms with Gasteiger partial charge in [0.1, 0.15) is 11.3 Å². The first-order valence-electron chi connectivity index (χ1n) is 7.13. The Morgan fingerprint density at radius 1 is 1.42 bits per heavy atom. The first-order chi connectivity index (χ1) is 11.2. The summed E-state index contributed by atoms with van der Waals surface area (Å²) in [5.41, 5.74) is -1.02. The second kappa shape index (κ2) is 8.90. The van der Waals surface area contributed by atoms with Crippen LogP contribution >= 0.6 is 27.5 Å². The monoisotopic (exact) mass is 416 g/mol. The molecule has 6 nitrogen and oxygen atoms in total. The number of benzene rings is 1. The highest BCUT2D eigenvalue weighted by atomic mass is 79.9. The summed E-state index contributed by atoms with van der Waals surface area (Å²) in [5, 5.41) is 12.0. The van der Waals surface area contributed by atoms with E-state index in [4.69, 9.17) is 26.3 Å². The minimum atomic E-state index is -1.02. The van der Waals surface area contributed by atoms with Crippen LogP contribution in [0.15, 0.2) is 22.7 Å². The third-order valence-corrected chi connectivity index (χ3v) is 4.18. The van der Waals surface area contributed by atoms with Crippen LogP contribution in [0.3, 0.4) is 0 Å². The van der Waals surface area contributed by atoms with Gasteiger partial charge in [0.25, 0.3) is 5.91 Å². The highest BCUT2D eigenvalue weighted by Crippen LogP contribution is 2.27. The molecule has 130 valence electrons. The zero-order chi connectivity index (χ0) is 18.3. The van der Waals surface area contributed by atoms with Gasteiger partial charge in [0.2, 0.25) is 0 Å². The molecule has 1 atom stereocenters. The number of amides is 1. The van der Waals surface area contributed by atoms with Gasteiger partial charge in [-0.3, -0.25) is 4.79 Å². The Hall–Kier alpha value is -1.78. The maximum atomic E-state index is 11.8. The molecule has 1 N–H and O–H groups in total. The van der Waals surface area contributed by atoms with Crippen molar-refractivity contribution in [2.24, 2.45) is 5.92 Å². The summed E-state index contributed by atoms with van der Waals surface area (Å²) in [5.74, 6) is -1.03. The predicted molar refractivity (Wildman–Crippen MR) is 92.6 cm³/mol. The Morgan fingerprint density at radius 3 is 2.62 bits per heavy atom. The SMILES string of the molecule is CC(C)[C@@](C)(C#N)NC(=O)COC(=O)COc1ccc(Br)cc1Cl. The third-order valence-electron chi connectivity index (χ3n) is 3.39. The van der Waals surface area contributed by atoms with Crippen molar-refractivity contribution in [1.82, 2.24) is 5.32 Å². The van der Waals surface area contributed by atoms with E-state index in [9.17, 15) is 9.59 Å². The molecule has 0 aliphatic rings. The van der Waals surface area contributed by atoms with Crippen LogP contribution in [0.25, 0.3) is 0 Å². The Balaban J connectivity index is 2.44. The van der Waals surface area contributed by atoms with Crippen LogP contribution in [0, 0.1) is 17.2 Å². The minimum absolute atomic E-state index is 0.0926. The van der Waals surface area contributed by atoms with Crippen molar-refractivity contribution in [2.45, 2.75) is 26.3 Å². The number of esters is 1. The van der Waals surface area contributed by atoms with E-state index in [1.54, 1.807) is 25.1 Å². The standard InChI is InChI=1S/C16H18BrClN2O4/c1-10(2)16(3,9-19)20-14(21)7-24-15(22)8-23-13-5-4-11(17)6-12(13)18/h4-6,10H,7-8H2,1-3H3,(H,20,21)/t16-/m1/s1. The van der Waals surface area contributed by atoms with Crippen LogP contribution in [-0.4, -0.2) is 30.6 Å². The van der Waals surface area contributed by atoms with Gasteiger partial charge in [-0.05, 0) is 31.0 Å². The Labute approximate surface area is 154 Å². The summed E-state index contributed by atoms with van der Waals surface area (Å²) in [6.07, 6.45) is 0. The fourth-order valence-electron chi connectivity index (χ4n) is 1.54. The molecule has 0 saturated carbocycles. The van der Waals surface area contributed by atoms with Crippen LogP contribution in [-0.2, 0) is 14.3 Å². The largest absolute Gasteiger partial charge is 0.480 e. The molecule has 0 fully saturated rings. The number of nitriles is 1. The molecule has 1 rings (SSSR count). The van der Waals surface area contributed by atoms with Crippen molar-refractivity contribution in [2.75, 3.05) is 13.2 Å². The van der Waals surface area contributed by atoms with Crippen LogP contribution in [0.1, 0.15) is 20.8 Å². The fourth-order valence-corrected chi connectivity index (χ4v) is 2.27. The first-order valence-corrected chi connectivity index (χ1v) is 8.30. The normalized spacial score (nSPS) is 12.9. The van der Waals surface area contributed by atoms with Crippen molar-refractivity contribution in [1.29, 1.82) is 5.26 Å². The van der Waals surface area contributed by atoms with Crippen molar-refractivity contribution < 1.29 is 19.1 Å². The van der Waals surface area contributed by atoms with Crippen LogP contribution in [0.5, 0.6) is 5.75 Å². The molecule has 0 unspecified atom stereocenters. The molecular weight excluding hydrogens is 400 g/mol. The Kier molecular flexibility index (Phi) is 7.52. The highest BCUT2D eigenvalue weighted by Gasteiger charge is 2.30. The summed E-state index contributed by atoms with van der Waals surface area (Å²) < 4.78 is 10.8. The molecular formula is C16H18BrClN2O4. The van der Waals surface area contributed by atoms with Crippen LogP contribution in [0.4, 0.5) is 0 Å². The number of hydrogen-bond donors (Lipinski definition) is 1. The zero-order valence-corrected chi connectivity index (χ0v) is 15.9. The number of nitrogens with zero attached hydrogens (tertiary/aromatic N) is 1. The van der Waals surface area contributed by atoms with E-state index in [1.165, 1.54) is 0 Å². The number of ether oxygens (including phenoxy) is 2. The molecule has 8 heteroatoms. The third kappa shape index (κ3) is 6.02. The second-order valence-corrected chi connectivity index (χ2v) is 6.86. The van der Waals surface area contributed by atoms with Gasteiger partial charge >= 0.3 is 5.97 Å². The van der Waals surface area contributed by atoms with Gasteiger partial charge in [-0.15, -0.1) is 0 Å². The summed E-state index contributed by atoms with van der Waals surface area (Å²) in [6, 6.07) is 6.99. The fraction of sp³-hybridized carbons (Fsp3) is 0.438. The average molecular weight is 418 g/mol. The van der Waals surface area contributed by atoms with E-state index in [1.807, 2.05) is 19.9 Å². The molecule has 1 aromatic rings. The topological polar surface area (TPSA) is 88.4 Å². The summed E-state index contributed by atoms with van der Waals surface area (Å²) in [7, 11) is 0. The lowest BCUT2D eigenvalue weighted by molar-refractivity contribution is -0.150. The summed E-state index contributed by atoms with van der Waals surface area (Å²) in [4.78, 5) is 23.4. The lowest BCUT2D eigenvalue weighted by atomic mass is 9.90. The van der Waals surface area contributed by atoms with Crippen molar-refractivity contribution >= 4 is 39.4 Å². The molecule has 24 heavy (non-hydrogen) atoms. The number of rotatable bonds is 7. The van der Waals surface area contributed by atoms with E-state index in [0.717, 1.165) is 4.47 Å². The molecule has 0 saturated heterocycles. The van der Waals surface area contributed by atoms with Crippen molar-refractivity contribution in [3.63, 3.8) is 0 Å². The molecule has 0 radical (unpaired) electrons. The molecule has 0 bridgehead atoms. The Morgan fingerprint density at radius 2 is 2.08 bits per heavy atom. The van der Waals surface area contributed by atoms with Crippen molar-refractivity contribution in [3.8, 4) is 11.8 Å². The first kappa shape index (κ1) is 20.3. The van der Waals surface area contributed by atoms with Gasteiger partial charge in [-0.25, -0.2) is 4.79 Å². The lowest BCUT2D eigenvalue weighted by Crippen LogP contribution is -2.50. The van der Waals surface area contributed by atoms with E-state index in [0.29, 0.717) is 10.8 Å². The van der Waals surface area contributed by atoms with Crippen LogP contribution < -0.4 is 10.1 Å².